The molecule has 224 valence electrons. The van der Waals surface area contributed by atoms with E-state index in [2.05, 4.69) is 49.8 Å². The van der Waals surface area contributed by atoms with Crippen LogP contribution < -0.4 is 4.72 Å². The summed E-state index contributed by atoms with van der Waals surface area (Å²) in [6, 6.07) is 23.2. The molecule has 2 N–H and O–H groups in total. The fourth-order valence-electron chi connectivity index (χ4n) is 4.94. The summed E-state index contributed by atoms with van der Waals surface area (Å²) < 4.78 is 27.1. The van der Waals surface area contributed by atoms with E-state index in [-0.39, 0.29) is 16.7 Å². The fourth-order valence-corrected chi connectivity index (χ4v) is 6.05. The van der Waals surface area contributed by atoms with Crippen molar-refractivity contribution in [3.8, 4) is 11.1 Å². The van der Waals surface area contributed by atoms with Crippen LogP contribution in [0.4, 0.5) is 0 Å². The summed E-state index contributed by atoms with van der Waals surface area (Å²) in [5.41, 5.74) is 5.30. The second kappa shape index (κ2) is 13.1. The molecule has 8 nitrogen and oxygen atoms in total. The standard InChI is InChI=1S/C33H42N4O4S/c1-6-31(38)35-42(40,41)29-12-9-11-27(22-29)26-18-14-24(15-19-26)10-8-13-30-34-37(32(39)36(30)7-2)23-25-16-20-28(21-17-25)33(3,4)5/h9,11-12,14-22,32,39H,6-8,10,13,23H2,1-5H3,(H,35,38). The fraction of sp³-hybridized carbons (Fsp3) is 0.394. The van der Waals surface area contributed by atoms with Crippen molar-refractivity contribution >= 4 is 21.8 Å². The quantitative estimate of drug-likeness (QED) is 0.301. The molecular formula is C33H42N4O4S. The lowest BCUT2D eigenvalue weighted by Crippen LogP contribution is -2.41. The van der Waals surface area contributed by atoms with Crippen molar-refractivity contribution in [2.24, 2.45) is 5.10 Å². The molecule has 0 saturated heterocycles. The number of aryl methyl sites for hydroxylation is 1. The highest BCUT2D eigenvalue weighted by Gasteiger charge is 2.31. The first-order valence-electron chi connectivity index (χ1n) is 14.5. The first kappa shape index (κ1) is 31.3. The van der Waals surface area contributed by atoms with Gasteiger partial charge in [-0.05, 0) is 65.1 Å². The van der Waals surface area contributed by atoms with E-state index in [0.29, 0.717) is 13.1 Å². The van der Waals surface area contributed by atoms with Gasteiger partial charge in [-0.15, -0.1) is 0 Å². The minimum atomic E-state index is -3.91. The molecule has 1 aliphatic heterocycles. The second-order valence-electron chi connectivity index (χ2n) is 11.7. The van der Waals surface area contributed by atoms with Crippen molar-refractivity contribution in [2.75, 3.05) is 6.54 Å². The zero-order chi connectivity index (χ0) is 30.5. The van der Waals surface area contributed by atoms with Gasteiger partial charge in [0.05, 0.1) is 11.4 Å². The second-order valence-corrected chi connectivity index (χ2v) is 13.3. The summed E-state index contributed by atoms with van der Waals surface area (Å²) in [5, 5.41) is 17.5. The molecule has 3 aromatic rings. The van der Waals surface area contributed by atoms with E-state index in [1.54, 1.807) is 24.1 Å². The molecule has 42 heavy (non-hydrogen) atoms. The third-order valence-electron chi connectivity index (χ3n) is 7.49. The van der Waals surface area contributed by atoms with E-state index >= 15 is 0 Å². The molecule has 9 heteroatoms. The summed E-state index contributed by atoms with van der Waals surface area (Å²) in [5.74, 6) is 0.351. The summed E-state index contributed by atoms with van der Waals surface area (Å²) in [4.78, 5) is 13.6. The Kier molecular flexibility index (Phi) is 9.74. The lowest BCUT2D eigenvalue weighted by Gasteiger charge is -2.26. The molecule has 1 atom stereocenters. The number of sulfonamides is 1. The number of amidine groups is 1. The highest BCUT2D eigenvalue weighted by Crippen LogP contribution is 2.26. The van der Waals surface area contributed by atoms with Crippen LogP contribution in [-0.4, -0.2) is 48.1 Å². The van der Waals surface area contributed by atoms with Gasteiger partial charge in [0.15, 0.2) is 0 Å². The monoisotopic (exact) mass is 590 g/mol. The summed E-state index contributed by atoms with van der Waals surface area (Å²) >= 11 is 0. The number of hydrogen-bond acceptors (Lipinski definition) is 7. The number of aliphatic hydroxyl groups is 1. The number of nitrogens with zero attached hydrogens (tertiary/aromatic N) is 3. The Morgan fingerprint density at radius 1 is 0.929 bits per heavy atom. The van der Waals surface area contributed by atoms with Gasteiger partial charge in [-0.25, -0.2) is 18.1 Å². The van der Waals surface area contributed by atoms with Gasteiger partial charge in [0.25, 0.3) is 10.0 Å². The highest BCUT2D eigenvalue weighted by molar-refractivity contribution is 7.90. The summed E-state index contributed by atoms with van der Waals surface area (Å²) in [7, 11) is -3.91. The van der Waals surface area contributed by atoms with E-state index < -0.39 is 22.3 Å². The van der Waals surface area contributed by atoms with Crippen LogP contribution in [0.25, 0.3) is 11.1 Å². The third-order valence-corrected chi connectivity index (χ3v) is 8.86. The average Bonchev–Trinajstić information content (AvgIpc) is 3.26. The van der Waals surface area contributed by atoms with Gasteiger partial charge in [0, 0.05) is 19.4 Å². The maximum atomic E-state index is 12.5. The van der Waals surface area contributed by atoms with E-state index in [1.807, 2.05) is 42.2 Å². The van der Waals surface area contributed by atoms with Gasteiger partial charge in [0.1, 0.15) is 5.84 Å². The molecule has 1 aliphatic rings. The third kappa shape index (κ3) is 7.57. The zero-order valence-electron chi connectivity index (χ0n) is 25.2. The lowest BCUT2D eigenvalue weighted by molar-refractivity contribution is -0.119. The molecule has 4 rings (SSSR count). The van der Waals surface area contributed by atoms with Gasteiger partial charge in [-0.3, -0.25) is 4.79 Å². The molecule has 0 spiro atoms. The maximum Gasteiger partial charge on any atom is 0.264 e. The Morgan fingerprint density at radius 2 is 1.60 bits per heavy atom. The van der Waals surface area contributed by atoms with Crippen molar-refractivity contribution in [2.45, 2.75) is 83.5 Å². The van der Waals surface area contributed by atoms with Gasteiger partial charge < -0.3 is 10.0 Å². The van der Waals surface area contributed by atoms with Crippen molar-refractivity contribution in [3.63, 3.8) is 0 Å². The summed E-state index contributed by atoms with van der Waals surface area (Å²) in [6.07, 6.45) is 1.78. The Morgan fingerprint density at radius 3 is 2.21 bits per heavy atom. The molecule has 0 radical (unpaired) electrons. The Bertz CT molecular complexity index is 1510. The molecule has 0 bridgehead atoms. The molecule has 0 saturated carbocycles. The lowest BCUT2D eigenvalue weighted by atomic mass is 9.87. The molecule has 0 aromatic heterocycles. The zero-order valence-corrected chi connectivity index (χ0v) is 26.0. The molecule has 1 unspecified atom stereocenters. The van der Waals surface area contributed by atoms with Crippen LogP contribution in [0.1, 0.15) is 70.6 Å². The van der Waals surface area contributed by atoms with Gasteiger partial charge in [0.2, 0.25) is 12.3 Å². The number of nitrogens with one attached hydrogen (secondary N) is 1. The van der Waals surface area contributed by atoms with E-state index in [0.717, 1.165) is 47.4 Å². The van der Waals surface area contributed by atoms with E-state index in [4.69, 9.17) is 5.10 Å². The topological polar surface area (TPSA) is 102 Å². The number of hydrogen-bond donors (Lipinski definition) is 2. The van der Waals surface area contributed by atoms with Crippen LogP contribution in [-0.2, 0) is 33.2 Å². The molecule has 0 fully saturated rings. The minimum Gasteiger partial charge on any atom is -0.355 e. The van der Waals surface area contributed by atoms with E-state index in [1.165, 1.54) is 11.6 Å². The molecular weight excluding hydrogens is 548 g/mol. The van der Waals surface area contributed by atoms with Gasteiger partial charge in [-0.2, -0.15) is 5.10 Å². The van der Waals surface area contributed by atoms with Gasteiger partial charge >= 0.3 is 0 Å². The average molecular weight is 591 g/mol. The normalized spacial score (nSPS) is 15.6. The number of benzene rings is 3. The first-order chi connectivity index (χ1) is 19.9. The number of carbonyl (C=O) groups excluding carboxylic acids is 1. The molecule has 0 aliphatic carbocycles. The number of aliphatic hydroxyl groups excluding tert-OH is 1. The van der Waals surface area contributed by atoms with Crippen LogP contribution in [0.2, 0.25) is 0 Å². The Hall–Kier alpha value is -3.69. The Labute approximate surface area is 250 Å². The van der Waals surface area contributed by atoms with Crippen molar-refractivity contribution in [1.82, 2.24) is 14.6 Å². The van der Waals surface area contributed by atoms with Crippen LogP contribution in [0.3, 0.4) is 0 Å². The van der Waals surface area contributed by atoms with Crippen molar-refractivity contribution in [3.05, 3.63) is 89.5 Å². The van der Waals surface area contributed by atoms with Crippen LogP contribution >= 0.6 is 0 Å². The van der Waals surface area contributed by atoms with Crippen LogP contribution in [0.15, 0.2) is 82.8 Å². The number of hydrazone groups is 1. The number of carbonyl (C=O) groups is 1. The molecule has 1 amide bonds. The van der Waals surface area contributed by atoms with Gasteiger partial charge in [-0.1, -0.05) is 88.4 Å². The predicted molar refractivity (Wildman–Crippen MR) is 167 cm³/mol. The van der Waals surface area contributed by atoms with Crippen LogP contribution in [0, 0.1) is 0 Å². The predicted octanol–water partition coefficient (Wildman–Crippen LogP) is 5.62. The molecule has 1 heterocycles. The largest absolute Gasteiger partial charge is 0.355 e. The molecule has 3 aromatic carbocycles. The maximum absolute atomic E-state index is 12.5. The smallest absolute Gasteiger partial charge is 0.264 e. The van der Waals surface area contributed by atoms with E-state index in [9.17, 15) is 18.3 Å². The minimum absolute atomic E-state index is 0.0573. The van der Waals surface area contributed by atoms with Crippen LogP contribution in [0.5, 0.6) is 0 Å². The first-order valence-corrected chi connectivity index (χ1v) is 16.0. The van der Waals surface area contributed by atoms with Crippen molar-refractivity contribution in [1.29, 1.82) is 0 Å². The van der Waals surface area contributed by atoms with Crippen molar-refractivity contribution < 1.29 is 18.3 Å². The number of rotatable bonds is 11. The summed E-state index contributed by atoms with van der Waals surface area (Å²) in [6.45, 7) is 11.4. The number of amides is 1. The SMILES string of the molecule is CCC(=O)NS(=O)(=O)c1cccc(-c2ccc(CCCC3=NN(Cc4ccc(C(C)(C)C)cc4)C(O)N3CC)cc2)c1. The highest BCUT2D eigenvalue weighted by atomic mass is 32.2. The Balaban J connectivity index is 1.36.